The maximum Gasteiger partial charge on any atom is 0.255 e. The predicted molar refractivity (Wildman–Crippen MR) is 98.7 cm³/mol. The summed E-state index contributed by atoms with van der Waals surface area (Å²) in [7, 11) is 0. The van der Waals surface area contributed by atoms with Gasteiger partial charge in [-0.3, -0.25) is 4.79 Å². The van der Waals surface area contributed by atoms with E-state index in [-0.39, 0.29) is 5.91 Å². The normalized spacial score (nSPS) is 21.0. The molecule has 2 saturated heterocycles. The summed E-state index contributed by atoms with van der Waals surface area (Å²) in [4.78, 5) is 28.7. The van der Waals surface area contributed by atoms with Gasteiger partial charge in [-0.2, -0.15) is 0 Å². The van der Waals surface area contributed by atoms with Crippen LogP contribution in [0.5, 0.6) is 0 Å². The fourth-order valence-corrected chi connectivity index (χ4v) is 3.91. The van der Waals surface area contributed by atoms with Crippen LogP contribution in [-0.2, 0) is 4.74 Å². The van der Waals surface area contributed by atoms with Crippen molar-refractivity contribution in [3.05, 3.63) is 41.1 Å². The first-order chi connectivity index (χ1) is 12.7. The van der Waals surface area contributed by atoms with Gasteiger partial charge >= 0.3 is 0 Å². The molecule has 7 nitrogen and oxygen atoms in total. The van der Waals surface area contributed by atoms with Crippen LogP contribution < -0.4 is 4.90 Å². The monoisotopic (exact) mass is 375 g/mol. The van der Waals surface area contributed by atoms with E-state index < -0.39 is 0 Å². The minimum atomic E-state index is -0.0404. The predicted octanol–water partition coefficient (Wildman–Crippen LogP) is 2.31. The molecule has 138 valence electrons. The summed E-state index contributed by atoms with van der Waals surface area (Å²) in [5.74, 6) is 2.04. The highest BCUT2D eigenvalue weighted by Gasteiger charge is 2.26. The number of carbonyl (C=O) groups excluding carboxylic acids is 1. The van der Waals surface area contributed by atoms with Gasteiger partial charge in [0.1, 0.15) is 11.6 Å². The number of halogens is 1. The minimum absolute atomic E-state index is 0.0404. The van der Waals surface area contributed by atoms with Crippen molar-refractivity contribution in [1.82, 2.24) is 19.9 Å². The number of piperidine rings is 1. The van der Waals surface area contributed by atoms with Gasteiger partial charge in [0.2, 0.25) is 0 Å². The second-order valence-corrected chi connectivity index (χ2v) is 7.10. The van der Waals surface area contributed by atoms with Crippen molar-refractivity contribution in [2.24, 2.45) is 0 Å². The summed E-state index contributed by atoms with van der Waals surface area (Å²) in [5, 5.41) is 0.518. The molecule has 8 heteroatoms. The lowest BCUT2D eigenvalue weighted by molar-refractivity contribution is 0.0302. The number of H-pyrrole nitrogens is 1. The minimum Gasteiger partial charge on any atom is -0.378 e. The standard InChI is InChI=1S/C18H22ClN5O2/c19-15-10-14(18(25)23-6-8-26-9-7-23)11-22-17(15)24-5-1-2-13(12-24)16-20-3-4-21-16/h3-4,10-11,13H,1-2,5-9,12H2,(H,20,21). The zero-order valence-corrected chi connectivity index (χ0v) is 15.3. The molecule has 0 bridgehead atoms. The molecule has 2 aliphatic rings. The number of carbonyl (C=O) groups is 1. The molecule has 4 heterocycles. The Bertz CT molecular complexity index is 761. The maximum atomic E-state index is 12.6. The van der Waals surface area contributed by atoms with Crippen molar-refractivity contribution in [3.8, 4) is 0 Å². The number of ether oxygens (including phenoxy) is 1. The highest BCUT2D eigenvalue weighted by molar-refractivity contribution is 6.33. The Morgan fingerprint density at radius 2 is 2.12 bits per heavy atom. The van der Waals surface area contributed by atoms with Crippen LogP contribution >= 0.6 is 11.6 Å². The maximum absolute atomic E-state index is 12.6. The van der Waals surface area contributed by atoms with Gasteiger partial charge in [-0.15, -0.1) is 0 Å². The number of aromatic nitrogens is 3. The van der Waals surface area contributed by atoms with Gasteiger partial charge < -0.3 is 19.5 Å². The second kappa shape index (κ2) is 7.63. The average molecular weight is 376 g/mol. The zero-order chi connectivity index (χ0) is 17.9. The summed E-state index contributed by atoms with van der Waals surface area (Å²) < 4.78 is 5.30. The molecule has 0 spiro atoms. The molecule has 2 aliphatic heterocycles. The van der Waals surface area contributed by atoms with E-state index in [1.165, 1.54) is 0 Å². The lowest BCUT2D eigenvalue weighted by Crippen LogP contribution is -2.40. The number of aromatic amines is 1. The van der Waals surface area contributed by atoms with Crippen molar-refractivity contribution >= 4 is 23.3 Å². The van der Waals surface area contributed by atoms with Gasteiger partial charge in [0.15, 0.2) is 0 Å². The van der Waals surface area contributed by atoms with E-state index in [1.807, 2.05) is 6.20 Å². The molecule has 2 fully saturated rings. The van der Waals surface area contributed by atoms with E-state index in [0.29, 0.717) is 42.8 Å². The highest BCUT2D eigenvalue weighted by atomic mass is 35.5. The quantitative estimate of drug-likeness (QED) is 0.891. The fraction of sp³-hybridized carbons (Fsp3) is 0.500. The van der Waals surface area contributed by atoms with Crippen molar-refractivity contribution in [2.45, 2.75) is 18.8 Å². The number of rotatable bonds is 3. The van der Waals surface area contributed by atoms with Crippen LogP contribution in [0.4, 0.5) is 5.82 Å². The number of pyridine rings is 1. The number of hydrogen-bond donors (Lipinski definition) is 1. The molecule has 1 unspecified atom stereocenters. The first-order valence-corrected chi connectivity index (χ1v) is 9.37. The molecule has 0 saturated carbocycles. The molecule has 2 aromatic heterocycles. The molecular formula is C18H22ClN5O2. The third kappa shape index (κ3) is 3.54. The number of imidazole rings is 1. The van der Waals surface area contributed by atoms with Crippen LogP contribution in [-0.4, -0.2) is 65.2 Å². The lowest BCUT2D eigenvalue weighted by atomic mass is 9.97. The van der Waals surface area contributed by atoms with E-state index in [1.54, 1.807) is 23.4 Å². The second-order valence-electron chi connectivity index (χ2n) is 6.69. The highest BCUT2D eigenvalue weighted by Crippen LogP contribution is 2.31. The molecule has 1 atom stereocenters. The molecule has 26 heavy (non-hydrogen) atoms. The largest absolute Gasteiger partial charge is 0.378 e. The van der Waals surface area contributed by atoms with Gasteiger partial charge in [-0.25, -0.2) is 9.97 Å². The molecule has 0 aromatic carbocycles. The molecule has 1 N–H and O–H groups in total. The third-order valence-electron chi connectivity index (χ3n) is 4.99. The average Bonchev–Trinajstić information content (AvgIpc) is 3.23. The van der Waals surface area contributed by atoms with Gasteiger partial charge in [0.05, 0.1) is 23.8 Å². The fourth-order valence-electron chi connectivity index (χ4n) is 3.62. The Balaban J connectivity index is 1.49. The van der Waals surface area contributed by atoms with Crippen LogP contribution in [0, 0.1) is 0 Å². The van der Waals surface area contributed by atoms with Crippen LogP contribution in [0.1, 0.15) is 34.9 Å². The number of hydrogen-bond acceptors (Lipinski definition) is 5. The van der Waals surface area contributed by atoms with Gasteiger partial charge in [0, 0.05) is 50.7 Å². The number of nitrogens with one attached hydrogen (secondary N) is 1. The van der Waals surface area contributed by atoms with Crippen molar-refractivity contribution < 1.29 is 9.53 Å². The van der Waals surface area contributed by atoms with Crippen molar-refractivity contribution in [1.29, 1.82) is 0 Å². The van der Waals surface area contributed by atoms with Crippen LogP contribution in [0.2, 0.25) is 5.02 Å². The third-order valence-corrected chi connectivity index (χ3v) is 5.27. The van der Waals surface area contributed by atoms with Gasteiger partial charge in [0.25, 0.3) is 5.91 Å². The van der Waals surface area contributed by atoms with Crippen molar-refractivity contribution in [2.75, 3.05) is 44.3 Å². The Hall–Kier alpha value is -2.12. The Morgan fingerprint density at radius 3 is 2.85 bits per heavy atom. The molecule has 1 amide bonds. The summed E-state index contributed by atoms with van der Waals surface area (Å²) >= 11 is 6.50. The zero-order valence-electron chi connectivity index (χ0n) is 14.5. The van der Waals surface area contributed by atoms with E-state index in [9.17, 15) is 4.79 Å². The number of nitrogens with zero attached hydrogens (tertiary/aromatic N) is 4. The number of anilines is 1. The topological polar surface area (TPSA) is 74.4 Å². The van der Waals surface area contributed by atoms with E-state index >= 15 is 0 Å². The summed E-state index contributed by atoms with van der Waals surface area (Å²) in [5.41, 5.74) is 0.528. The molecule has 0 aliphatic carbocycles. The Kier molecular flexibility index (Phi) is 5.08. The van der Waals surface area contributed by atoms with E-state index in [0.717, 1.165) is 37.6 Å². The summed E-state index contributed by atoms with van der Waals surface area (Å²) in [6.45, 7) is 4.09. The smallest absolute Gasteiger partial charge is 0.255 e. The lowest BCUT2D eigenvalue weighted by Gasteiger charge is -2.33. The summed E-state index contributed by atoms with van der Waals surface area (Å²) in [6.07, 6.45) is 7.42. The Labute approximate surface area is 157 Å². The van der Waals surface area contributed by atoms with Gasteiger partial charge in [-0.05, 0) is 18.9 Å². The Morgan fingerprint density at radius 1 is 1.27 bits per heavy atom. The van der Waals surface area contributed by atoms with E-state index in [2.05, 4.69) is 19.9 Å². The van der Waals surface area contributed by atoms with Crippen molar-refractivity contribution in [3.63, 3.8) is 0 Å². The molecule has 0 radical (unpaired) electrons. The number of morpholine rings is 1. The molecule has 4 rings (SSSR count). The SMILES string of the molecule is O=C(c1cnc(N2CCCC(c3ncc[nH]3)C2)c(Cl)c1)N1CCOCC1. The van der Waals surface area contributed by atoms with Crippen LogP contribution in [0.25, 0.3) is 0 Å². The first kappa shape index (κ1) is 17.3. The van der Waals surface area contributed by atoms with Crippen LogP contribution in [0.15, 0.2) is 24.7 Å². The molecule has 2 aromatic rings. The summed E-state index contributed by atoms with van der Waals surface area (Å²) in [6, 6.07) is 1.73. The molecular weight excluding hydrogens is 354 g/mol. The first-order valence-electron chi connectivity index (χ1n) is 8.99. The van der Waals surface area contributed by atoms with Gasteiger partial charge in [-0.1, -0.05) is 11.6 Å². The van der Waals surface area contributed by atoms with Crippen LogP contribution in [0.3, 0.4) is 0 Å². The number of amides is 1. The van der Waals surface area contributed by atoms with E-state index in [4.69, 9.17) is 16.3 Å².